The van der Waals surface area contributed by atoms with Gasteiger partial charge in [-0.1, -0.05) is 68.9 Å². The Morgan fingerprint density at radius 1 is 1.18 bits per heavy atom. The molecule has 0 aromatic carbocycles. The molecule has 0 amide bonds. The molecule has 0 spiro atoms. The molecular weight excluding hydrogens is 412 g/mol. The van der Waals surface area contributed by atoms with Crippen LogP contribution in [0.3, 0.4) is 0 Å². The minimum atomic E-state index is -0.912. The molecule has 0 aromatic rings. The summed E-state index contributed by atoms with van der Waals surface area (Å²) in [6.07, 6.45) is 11.5. The predicted octanol–water partition coefficient (Wildman–Crippen LogP) is 4.70. The fourth-order valence-electron chi connectivity index (χ4n) is 7.18. The van der Waals surface area contributed by atoms with E-state index in [1.807, 2.05) is 13.8 Å². The van der Waals surface area contributed by atoms with Crippen molar-refractivity contribution in [1.29, 1.82) is 0 Å². The van der Waals surface area contributed by atoms with E-state index >= 15 is 0 Å². The molecule has 3 N–H and O–H groups in total. The van der Waals surface area contributed by atoms with Gasteiger partial charge in [0, 0.05) is 11.8 Å². The average Bonchev–Trinajstić information content (AvgIpc) is 3.15. The van der Waals surface area contributed by atoms with Crippen molar-refractivity contribution in [3.05, 3.63) is 34.9 Å². The van der Waals surface area contributed by atoms with Crippen molar-refractivity contribution in [2.45, 2.75) is 103 Å². The smallest absolute Gasteiger partial charge is 0.125 e. The van der Waals surface area contributed by atoms with E-state index in [0.717, 1.165) is 19.3 Å². The van der Waals surface area contributed by atoms with Crippen molar-refractivity contribution in [3.63, 3.8) is 0 Å². The minimum absolute atomic E-state index is 0.0107. The lowest BCUT2D eigenvalue weighted by molar-refractivity contribution is -0.0499. The highest BCUT2D eigenvalue weighted by Crippen LogP contribution is 2.64. The molecule has 4 aliphatic carbocycles. The lowest BCUT2D eigenvalue weighted by Gasteiger charge is -2.56. The van der Waals surface area contributed by atoms with E-state index < -0.39 is 17.8 Å². The van der Waals surface area contributed by atoms with Crippen LogP contribution in [0.1, 0.15) is 79.6 Å². The number of allylic oxidation sites excluding steroid dienone is 4. The molecule has 2 fully saturated rings. The third-order valence-electron chi connectivity index (χ3n) is 9.63. The quantitative estimate of drug-likeness (QED) is 0.416. The van der Waals surface area contributed by atoms with Crippen LogP contribution in [0.25, 0.3) is 0 Å². The molecule has 33 heavy (non-hydrogen) atoms. The predicted molar refractivity (Wildman–Crippen MR) is 131 cm³/mol. The third-order valence-corrected chi connectivity index (χ3v) is 9.63. The van der Waals surface area contributed by atoms with Gasteiger partial charge in [0.15, 0.2) is 0 Å². The van der Waals surface area contributed by atoms with Gasteiger partial charge in [-0.3, -0.25) is 0 Å². The molecular formula is C29H42O4. The van der Waals surface area contributed by atoms with Gasteiger partial charge < -0.3 is 20.1 Å². The Kier molecular flexibility index (Phi) is 6.75. The van der Waals surface area contributed by atoms with Crippen molar-refractivity contribution >= 4 is 0 Å². The summed E-state index contributed by atoms with van der Waals surface area (Å²) < 4.78 is 6.14. The van der Waals surface area contributed by atoms with Gasteiger partial charge in [0.05, 0.1) is 18.3 Å². The molecule has 0 aliphatic heterocycles. The van der Waals surface area contributed by atoms with Gasteiger partial charge in [-0.25, -0.2) is 0 Å². The maximum absolute atomic E-state index is 11.0. The highest BCUT2D eigenvalue weighted by molar-refractivity contribution is 5.43. The Labute approximate surface area is 199 Å². The second-order valence-electron chi connectivity index (χ2n) is 11.2. The van der Waals surface area contributed by atoms with E-state index in [0.29, 0.717) is 44.1 Å². The van der Waals surface area contributed by atoms with Gasteiger partial charge in [0.1, 0.15) is 12.2 Å². The maximum Gasteiger partial charge on any atom is 0.125 e. The van der Waals surface area contributed by atoms with Crippen molar-refractivity contribution in [1.82, 2.24) is 0 Å². The first kappa shape index (κ1) is 24.7. The molecule has 0 heterocycles. The summed E-state index contributed by atoms with van der Waals surface area (Å²) in [5, 5.41) is 31.6. The van der Waals surface area contributed by atoms with E-state index in [1.165, 1.54) is 16.7 Å². The van der Waals surface area contributed by atoms with Crippen LogP contribution in [0.2, 0.25) is 0 Å². The van der Waals surface area contributed by atoms with Crippen LogP contribution in [0, 0.1) is 34.5 Å². The topological polar surface area (TPSA) is 69.9 Å². The van der Waals surface area contributed by atoms with Crippen LogP contribution in [0.4, 0.5) is 0 Å². The Morgan fingerprint density at radius 2 is 1.91 bits per heavy atom. The van der Waals surface area contributed by atoms with E-state index in [2.05, 4.69) is 50.8 Å². The maximum atomic E-state index is 11.0. The zero-order valence-corrected chi connectivity index (χ0v) is 21.0. The highest BCUT2D eigenvalue weighted by atomic mass is 16.5. The highest BCUT2D eigenvalue weighted by Gasteiger charge is 2.57. The van der Waals surface area contributed by atoms with Crippen molar-refractivity contribution in [3.8, 4) is 11.8 Å². The van der Waals surface area contributed by atoms with E-state index in [9.17, 15) is 15.3 Å². The van der Waals surface area contributed by atoms with Crippen LogP contribution in [0.15, 0.2) is 34.9 Å². The Balaban J connectivity index is 1.49. The molecule has 7 atom stereocenters. The summed E-state index contributed by atoms with van der Waals surface area (Å²) in [5.74, 6) is 6.80. The van der Waals surface area contributed by atoms with Crippen molar-refractivity contribution in [2.75, 3.05) is 6.61 Å². The summed E-state index contributed by atoms with van der Waals surface area (Å²) in [5.41, 5.74) is 2.94. The molecule has 0 radical (unpaired) electrons. The molecule has 4 aliphatic rings. The van der Waals surface area contributed by atoms with E-state index in [-0.39, 0.29) is 16.9 Å². The number of ether oxygens (including phenoxy) is 1. The number of rotatable bonds is 5. The van der Waals surface area contributed by atoms with Crippen LogP contribution in [0.5, 0.6) is 0 Å². The van der Waals surface area contributed by atoms with E-state index in [4.69, 9.17) is 4.74 Å². The normalized spacial score (nSPS) is 38.6. The van der Waals surface area contributed by atoms with Gasteiger partial charge in [0.25, 0.3) is 0 Å². The Morgan fingerprint density at radius 3 is 2.61 bits per heavy atom. The number of aliphatic hydroxyl groups excluding tert-OH is 2. The van der Waals surface area contributed by atoms with Crippen LogP contribution >= 0.6 is 0 Å². The summed E-state index contributed by atoms with van der Waals surface area (Å²) in [6.45, 7) is 11.0. The molecule has 4 nitrogen and oxygen atoms in total. The molecule has 0 aromatic heterocycles. The summed E-state index contributed by atoms with van der Waals surface area (Å²) in [6, 6.07) is 0. The first-order valence-corrected chi connectivity index (χ1v) is 12.9. The molecule has 0 bridgehead atoms. The summed E-state index contributed by atoms with van der Waals surface area (Å²) in [7, 11) is 0. The fraction of sp³-hybridized carbons (Fsp3) is 0.724. The zero-order chi connectivity index (χ0) is 24.0. The number of fused-ring (bicyclic) bond motifs is 5. The average molecular weight is 455 g/mol. The Bertz CT molecular complexity index is 914. The van der Waals surface area contributed by atoms with Gasteiger partial charge in [0.2, 0.25) is 0 Å². The molecule has 4 rings (SSSR count). The number of hydrogen-bond donors (Lipinski definition) is 3. The fourth-order valence-corrected chi connectivity index (χ4v) is 7.18. The van der Waals surface area contributed by atoms with Crippen LogP contribution in [-0.4, -0.2) is 45.8 Å². The SMILES string of the molecule is CCC(O)(C#CCO[C@H](C)C1=CC[C@H]2C3=CC=C4C[C@@H](O)C[C@H](O)[C@]4(C)[C@H]3CC[C@]12C)CC. The molecule has 2 saturated carbocycles. The second-order valence-corrected chi connectivity index (χ2v) is 11.2. The Hall–Kier alpha value is -1.38. The van der Waals surface area contributed by atoms with Gasteiger partial charge in [-0.2, -0.15) is 0 Å². The number of hydrogen-bond acceptors (Lipinski definition) is 4. The zero-order valence-electron chi connectivity index (χ0n) is 21.0. The van der Waals surface area contributed by atoms with Crippen molar-refractivity contribution in [2.24, 2.45) is 22.7 Å². The summed E-state index contributed by atoms with van der Waals surface area (Å²) >= 11 is 0. The lowest BCUT2D eigenvalue weighted by Crippen LogP contribution is -2.52. The van der Waals surface area contributed by atoms with Gasteiger partial charge in [-0.05, 0) is 68.3 Å². The van der Waals surface area contributed by atoms with Crippen LogP contribution in [-0.2, 0) is 4.74 Å². The second kappa shape index (κ2) is 9.00. The molecule has 0 unspecified atom stereocenters. The standard InChI is InChI=1S/C29H42O4/c1-6-29(32,7-2)14-8-16-33-19(3)23-11-12-24-22-10-9-20-17-21(30)18-26(31)28(20,5)25(22)13-15-27(23,24)4/h9-11,19,21,24-26,30-32H,6-7,12-13,15-18H2,1-5H3/t19-,21-,24+,25+,26+,27-,28+/m1/s1. The van der Waals surface area contributed by atoms with Crippen LogP contribution < -0.4 is 0 Å². The molecule has 0 saturated heterocycles. The largest absolute Gasteiger partial charge is 0.393 e. The monoisotopic (exact) mass is 454 g/mol. The summed E-state index contributed by atoms with van der Waals surface area (Å²) in [4.78, 5) is 0. The van der Waals surface area contributed by atoms with Gasteiger partial charge >= 0.3 is 0 Å². The first-order valence-electron chi connectivity index (χ1n) is 12.9. The lowest BCUT2D eigenvalue weighted by atomic mass is 9.49. The third kappa shape index (κ3) is 4.06. The minimum Gasteiger partial charge on any atom is -0.393 e. The molecule has 182 valence electrons. The first-order chi connectivity index (χ1) is 15.6. The van der Waals surface area contributed by atoms with Crippen molar-refractivity contribution < 1.29 is 20.1 Å². The number of aliphatic hydroxyl groups is 3. The van der Waals surface area contributed by atoms with Gasteiger partial charge in [-0.15, -0.1) is 0 Å². The van der Waals surface area contributed by atoms with E-state index in [1.54, 1.807) is 0 Å². The molecule has 4 heteroatoms.